The summed E-state index contributed by atoms with van der Waals surface area (Å²) in [6, 6.07) is 13.7. The van der Waals surface area contributed by atoms with Crippen molar-refractivity contribution in [2.75, 3.05) is 28.4 Å². The largest absolute Gasteiger partial charge is 0.493 e. The van der Waals surface area contributed by atoms with Crippen molar-refractivity contribution in [3.8, 4) is 22.9 Å². The molecule has 2 N–H and O–H groups in total. The SMILES string of the molecule is CN=C(NCc1cc(OC)c(OC)c(OC)c1)NCc1nncn1-c1ccccc1.I. The van der Waals surface area contributed by atoms with Crippen LogP contribution in [0.1, 0.15) is 11.4 Å². The molecule has 0 spiro atoms. The fourth-order valence-electron chi connectivity index (χ4n) is 2.99. The van der Waals surface area contributed by atoms with Crippen molar-refractivity contribution in [1.82, 2.24) is 25.4 Å². The molecule has 0 atom stereocenters. The number of guanidine groups is 1. The predicted molar refractivity (Wildman–Crippen MR) is 130 cm³/mol. The highest BCUT2D eigenvalue weighted by Gasteiger charge is 2.13. The van der Waals surface area contributed by atoms with Crippen LogP contribution in [0.25, 0.3) is 5.69 Å². The molecule has 0 saturated carbocycles. The average molecular weight is 538 g/mol. The molecule has 0 unspecified atom stereocenters. The summed E-state index contributed by atoms with van der Waals surface area (Å²) in [6.45, 7) is 0.978. The summed E-state index contributed by atoms with van der Waals surface area (Å²) >= 11 is 0. The summed E-state index contributed by atoms with van der Waals surface area (Å²) in [7, 11) is 6.49. The van der Waals surface area contributed by atoms with Crippen LogP contribution in [0.5, 0.6) is 17.2 Å². The normalized spacial score (nSPS) is 10.8. The van der Waals surface area contributed by atoms with Crippen molar-refractivity contribution >= 4 is 29.9 Å². The highest BCUT2D eigenvalue weighted by molar-refractivity contribution is 14.0. The topological polar surface area (TPSA) is 94.8 Å². The number of benzene rings is 2. The minimum absolute atomic E-state index is 0. The van der Waals surface area contributed by atoms with E-state index in [0.717, 1.165) is 17.1 Å². The van der Waals surface area contributed by atoms with Crippen LogP contribution in [0.4, 0.5) is 0 Å². The van der Waals surface area contributed by atoms with E-state index in [1.165, 1.54) is 0 Å². The van der Waals surface area contributed by atoms with Crippen LogP contribution in [0.3, 0.4) is 0 Å². The fraction of sp³-hybridized carbons (Fsp3) is 0.286. The number of rotatable bonds is 8. The van der Waals surface area contributed by atoms with E-state index in [0.29, 0.717) is 36.3 Å². The van der Waals surface area contributed by atoms with E-state index in [4.69, 9.17) is 14.2 Å². The second-order valence-electron chi connectivity index (χ2n) is 6.27. The van der Waals surface area contributed by atoms with E-state index < -0.39 is 0 Å². The zero-order chi connectivity index (χ0) is 21.3. The Bertz CT molecular complexity index is 969. The first-order chi connectivity index (χ1) is 14.7. The van der Waals surface area contributed by atoms with Gasteiger partial charge in [-0.3, -0.25) is 9.56 Å². The van der Waals surface area contributed by atoms with Crippen molar-refractivity contribution in [3.63, 3.8) is 0 Å². The van der Waals surface area contributed by atoms with Gasteiger partial charge in [0.05, 0.1) is 27.9 Å². The molecule has 0 aliphatic rings. The molecule has 0 radical (unpaired) electrons. The molecule has 0 aliphatic heterocycles. The lowest BCUT2D eigenvalue weighted by Gasteiger charge is -2.16. The average Bonchev–Trinajstić information content (AvgIpc) is 3.27. The third-order valence-electron chi connectivity index (χ3n) is 4.47. The van der Waals surface area contributed by atoms with E-state index in [2.05, 4.69) is 25.8 Å². The molecule has 10 heteroatoms. The summed E-state index contributed by atoms with van der Waals surface area (Å²) in [4.78, 5) is 4.27. The third-order valence-corrected chi connectivity index (χ3v) is 4.47. The van der Waals surface area contributed by atoms with E-state index in [1.54, 1.807) is 34.7 Å². The van der Waals surface area contributed by atoms with E-state index >= 15 is 0 Å². The lowest BCUT2D eigenvalue weighted by Crippen LogP contribution is -2.37. The molecule has 0 aliphatic carbocycles. The molecule has 0 amide bonds. The zero-order valence-corrected chi connectivity index (χ0v) is 20.3. The summed E-state index contributed by atoms with van der Waals surface area (Å²) < 4.78 is 18.1. The van der Waals surface area contributed by atoms with Gasteiger partial charge < -0.3 is 24.8 Å². The van der Waals surface area contributed by atoms with Crippen molar-refractivity contribution in [2.45, 2.75) is 13.1 Å². The standard InChI is InChI=1S/C21H26N6O3.HI/c1-22-21(23-12-15-10-17(28-2)20(30-4)18(11-15)29-3)24-13-19-26-25-14-27(19)16-8-6-5-7-9-16;/h5-11,14H,12-13H2,1-4H3,(H2,22,23,24);1H. The molecule has 3 aromatic rings. The van der Waals surface area contributed by atoms with Gasteiger partial charge in [-0.15, -0.1) is 34.2 Å². The maximum Gasteiger partial charge on any atom is 0.203 e. The molecule has 3 rings (SSSR count). The Kier molecular flexibility index (Phi) is 9.38. The Morgan fingerprint density at radius 1 is 0.968 bits per heavy atom. The molecule has 2 aromatic carbocycles. The molecular weight excluding hydrogens is 511 g/mol. The first-order valence-corrected chi connectivity index (χ1v) is 9.37. The van der Waals surface area contributed by atoms with Gasteiger partial charge in [0.25, 0.3) is 0 Å². The van der Waals surface area contributed by atoms with Gasteiger partial charge in [-0.1, -0.05) is 18.2 Å². The van der Waals surface area contributed by atoms with Gasteiger partial charge in [-0.05, 0) is 29.8 Å². The highest BCUT2D eigenvalue weighted by Crippen LogP contribution is 2.38. The zero-order valence-electron chi connectivity index (χ0n) is 18.0. The van der Waals surface area contributed by atoms with E-state index in [9.17, 15) is 0 Å². The maximum absolute atomic E-state index is 5.41. The molecule has 0 bridgehead atoms. The van der Waals surface area contributed by atoms with Crippen molar-refractivity contribution in [3.05, 3.63) is 60.2 Å². The molecule has 0 fully saturated rings. The fourth-order valence-corrected chi connectivity index (χ4v) is 2.99. The summed E-state index contributed by atoms with van der Waals surface area (Å²) in [5.74, 6) is 3.18. The molecule has 1 aromatic heterocycles. The van der Waals surface area contributed by atoms with Crippen LogP contribution in [0, 0.1) is 0 Å². The Labute approximate surface area is 198 Å². The van der Waals surface area contributed by atoms with Crippen LogP contribution in [0.2, 0.25) is 0 Å². The van der Waals surface area contributed by atoms with E-state index in [1.807, 2.05) is 47.0 Å². The first-order valence-electron chi connectivity index (χ1n) is 9.37. The first kappa shape index (κ1) is 24.3. The monoisotopic (exact) mass is 538 g/mol. The quantitative estimate of drug-likeness (QED) is 0.259. The van der Waals surface area contributed by atoms with Crippen LogP contribution in [-0.4, -0.2) is 49.1 Å². The number of halogens is 1. The van der Waals surface area contributed by atoms with Crippen LogP contribution in [-0.2, 0) is 13.1 Å². The van der Waals surface area contributed by atoms with Crippen LogP contribution >= 0.6 is 24.0 Å². The second-order valence-corrected chi connectivity index (χ2v) is 6.27. The van der Waals surface area contributed by atoms with Gasteiger partial charge in [0.1, 0.15) is 6.33 Å². The smallest absolute Gasteiger partial charge is 0.203 e. The van der Waals surface area contributed by atoms with Gasteiger partial charge in [0.2, 0.25) is 5.75 Å². The number of hydrogen-bond acceptors (Lipinski definition) is 6. The number of nitrogens with zero attached hydrogens (tertiary/aromatic N) is 4. The lowest BCUT2D eigenvalue weighted by molar-refractivity contribution is 0.323. The number of aromatic nitrogens is 3. The van der Waals surface area contributed by atoms with Crippen molar-refractivity contribution < 1.29 is 14.2 Å². The van der Waals surface area contributed by atoms with Gasteiger partial charge in [0.15, 0.2) is 23.3 Å². The van der Waals surface area contributed by atoms with Crippen molar-refractivity contribution in [2.24, 2.45) is 4.99 Å². The Balaban J connectivity index is 0.00000341. The van der Waals surface area contributed by atoms with Gasteiger partial charge in [-0.2, -0.15) is 0 Å². The van der Waals surface area contributed by atoms with Gasteiger partial charge in [0, 0.05) is 19.3 Å². The molecule has 31 heavy (non-hydrogen) atoms. The van der Waals surface area contributed by atoms with Crippen LogP contribution in [0.15, 0.2) is 53.8 Å². The predicted octanol–water partition coefficient (Wildman–Crippen LogP) is 2.78. The summed E-state index contributed by atoms with van der Waals surface area (Å²) in [5.41, 5.74) is 1.96. The minimum Gasteiger partial charge on any atom is -0.493 e. The van der Waals surface area contributed by atoms with Gasteiger partial charge >= 0.3 is 0 Å². The highest BCUT2D eigenvalue weighted by atomic mass is 127. The molecule has 9 nitrogen and oxygen atoms in total. The summed E-state index contributed by atoms with van der Waals surface area (Å²) in [5, 5.41) is 14.8. The summed E-state index contributed by atoms with van der Waals surface area (Å²) in [6.07, 6.45) is 1.69. The number of nitrogens with one attached hydrogen (secondary N) is 2. The second kappa shape index (κ2) is 12.0. The number of aliphatic imine (C=N–C) groups is 1. The Morgan fingerprint density at radius 2 is 1.61 bits per heavy atom. The van der Waals surface area contributed by atoms with Crippen LogP contribution < -0.4 is 24.8 Å². The molecule has 1 heterocycles. The number of ether oxygens (including phenoxy) is 3. The third kappa shape index (κ3) is 6.00. The minimum atomic E-state index is 0. The lowest BCUT2D eigenvalue weighted by atomic mass is 10.2. The molecule has 0 saturated heterocycles. The maximum atomic E-state index is 5.41. The Morgan fingerprint density at radius 3 is 2.19 bits per heavy atom. The molecule has 166 valence electrons. The van der Waals surface area contributed by atoms with Crippen molar-refractivity contribution in [1.29, 1.82) is 0 Å². The molecular formula is C21H27IN6O3. The number of methoxy groups -OCH3 is 3. The number of hydrogen-bond donors (Lipinski definition) is 2. The Hall–Kier alpha value is -3.02. The number of para-hydroxylation sites is 1. The van der Waals surface area contributed by atoms with E-state index in [-0.39, 0.29) is 24.0 Å². The van der Waals surface area contributed by atoms with Gasteiger partial charge in [-0.25, -0.2) is 0 Å².